The van der Waals surface area contributed by atoms with E-state index in [1.165, 1.54) is 16.9 Å². The lowest BCUT2D eigenvalue weighted by Gasteiger charge is -2.04. The van der Waals surface area contributed by atoms with E-state index in [9.17, 15) is 4.39 Å². The first-order chi connectivity index (χ1) is 9.66. The molecule has 4 nitrogen and oxygen atoms in total. The summed E-state index contributed by atoms with van der Waals surface area (Å²) in [7, 11) is 0. The highest BCUT2D eigenvalue weighted by Gasteiger charge is 2.16. The predicted molar refractivity (Wildman–Crippen MR) is 75.7 cm³/mol. The molecule has 0 radical (unpaired) electrons. The SMILES string of the molecule is Cc1c(-c2ccncc2)c(-c2ccc(F)cc2)nn1N. The average molecular weight is 268 g/mol. The molecule has 0 aliphatic carbocycles. The highest BCUT2D eigenvalue weighted by molar-refractivity contribution is 5.82. The summed E-state index contributed by atoms with van der Waals surface area (Å²) < 4.78 is 13.1. The summed E-state index contributed by atoms with van der Waals surface area (Å²) in [5.74, 6) is 5.59. The van der Waals surface area contributed by atoms with Crippen LogP contribution in [0.3, 0.4) is 0 Å². The van der Waals surface area contributed by atoms with Crippen molar-refractivity contribution < 1.29 is 4.39 Å². The van der Waals surface area contributed by atoms with Crippen LogP contribution in [-0.4, -0.2) is 14.9 Å². The largest absolute Gasteiger partial charge is 0.323 e. The van der Waals surface area contributed by atoms with Crippen LogP contribution in [0.15, 0.2) is 48.8 Å². The second-order valence-corrected chi connectivity index (χ2v) is 4.50. The molecule has 2 N–H and O–H groups in total. The van der Waals surface area contributed by atoms with Gasteiger partial charge in [0, 0.05) is 23.5 Å². The van der Waals surface area contributed by atoms with Crippen molar-refractivity contribution in [3.63, 3.8) is 0 Å². The Kier molecular flexibility index (Phi) is 2.95. The lowest BCUT2D eigenvalue weighted by molar-refractivity contribution is 0.628. The molecule has 0 aliphatic heterocycles. The third kappa shape index (κ3) is 2.03. The van der Waals surface area contributed by atoms with Crippen LogP contribution in [0.25, 0.3) is 22.4 Å². The molecule has 0 spiro atoms. The summed E-state index contributed by atoms with van der Waals surface area (Å²) in [5.41, 5.74) is 4.31. The van der Waals surface area contributed by atoms with Crippen LogP contribution in [0, 0.1) is 12.7 Å². The molecule has 0 saturated carbocycles. The highest BCUT2D eigenvalue weighted by Crippen LogP contribution is 2.33. The third-order valence-corrected chi connectivity index (χ3v) is 3.24. The van der Waals surface area contributed by atoms with Gasteiger partial charge in [0.25, 0.3) is 0 Å². The highest BCUT2D eigenvalue weighted by atomic mass is 19.1. The Labute approximate surface area is 115 Å². The van der Waals surface area contributed by atoms with Gasteiger partial charge in [-0.05, 0) is 48.9 Å². The fourth-order valence-electron chi connectivity index (χ4n) is 2.19. The quantitative estimate of drug-likeness (QED) is 0.727. The predicted octanol–water partition coefficient (Wildman–Crippen LogP) is 2.77. The molecule has 5 heteroatoms. The van der Waals surface area contributed by atoms with E-state index in [2.05, 4.69) is 10.1 Å². The van der Waals surface area contributed by atoms with Crippen LogP contribution >= 0.6 is 0 Å². The van der Waals surface area contributed by atoms with Crippen molar-refractivity contribution in [2.24, 2.45) is 0 Å². The Bertz CT molecular complexity index is 733. The second-order valence-electron chi connectivity index (χ2n) is 4.50. The lowest BCUT2D eigenvalue weighted by atomic mass is 10.0. The number of nitrogen functional groups attached to an aromatic ring is 1. The monoisotopic (exact) mass is 268 g/mol. The summed E-state index contributed by atoms with van der Waals surface area (Å²) >= 11 is 0. The Morgan fingerprint density at radius 2 is 1.65 bits per heavy atom. The van der Waals surface area contributed by atoms with Gasteiger partial charge in [-0.1, -0.05) is 0 Å². The van der Waals surface area contributed by atoms with Crippen molar-refractivity contribution >= 4 is 0 Å². The minimum absolute atomic E-state index is 0.275. The van der Waals surface area contributed by atoms with Crippen LogP contribution in [0.4, 0.5) is 4.39 Å². The first-order valence-electron chi connectivity index (χ1n) is 6.18. The van der Waals surface area contributed by atoms with Crippen molar-refractivity contribution in [2.75, 3.05) is 5.84 Å². The van der Waals surface area contributed by atoms with Gasteiger partial charge in [0.05, 0.1) is 5.69 Å². The molecule has 100 valence electrons. The molecule has 1 aromatic carbocycles. The van der Waals surface area contributed by atoms with Crippen LogP contribution in [0.1, 0.15) is 5.69 Å². The van der Waals surface area contributed by atoms with Gasteiger partial charge in [0.1, 0.15) is 11.5 Å². The first-order valence-corrected chi connectivity index (χ1v) is 6.18. The third-order valence-electron chi connectivity index (χ3n) is 3.24. The van der Waals surface area contributed by atoms with Gasteiger partial charge in [-0.25, -0.2) is 4.39 Å². The van der Waals surface area contributed by atoms with Gasteiger partial charge in [0.15, 0.2) is 0 Å². The van der Waals surface area contributed by atoms with E-state index in [4.69, 9.17) is 5.84 Å². The molecule has 0 bridgehead atoms. The summed E-state index contributed by atoms with van der Waals surface area (Å²) in [6.07, 6.45) is 3.44. The smallest absolute Gasteiger partial charge is 0.123 e. The molecular formula is C15H13FN4. The minimum atomic E-state index is -0.275. The summed E-state index contributed by atoms with van der Waals surface area (Å²) in [5, 5.41) is 4.34. The van der Waals surface area contributed by atoms with Crippen molar-refractivity contribution in [1.82, 2.24) is 14.9 Å². The summed E-state index contributed by atoms with van der Waals surface area (Å²) in [6, 6.07) is 10.0. The normalized spacial score (nSPS) is 10.7. The fourth-order valence-corrected chi connectivity index (χ4v) is 2.19. The zero-order chi connectivity index (χ0) is 14.1. The maximum absolute atomic E-state index is 13.1. The molecule has 0 amide bonds. The Morgan fingerprint density at radius 3 is 2.30 bits per heavy atom. The number of benzene rings is 1. The lowest BCUT2D eigenvalue weighted by Crippen LogP contribution is -2.11. The number of rotatable bonds is 2. The van der Waals surface area contributed by atoms with E-state index in [1.807, 2.05) is 19.1 Å². The van der Waals surface area contributed by atoms with E-state index in [0.29, 0.717) is 0 Å². The Hall–Kier alpha value is -2.69. The fraction of sp³-hybridized carbons (Fsp3) is 0.0667. The number of pyridine rings is 1. The van der Waals surface area contributed by atoms with Crippen LogP contribution < -0.4 is 5.84 Å². The maximum atomic E-state index is 13.1. The average Bonchev–Trinajstić information content (AvgIpc) is 2.77. The number of nitrogens with zero attached hydrogens (tertiary/aromatic N) is 3. The van der Waals surface area contributed by atoms with E-state index in [-0.39, 0.29) is 5.82 Å². The van der Waals surface area contributed by atoms with Gasteiger partial charge in [-0.2, -0.15) is 9.89 Å². The Morgan fingerprint density at radius 1 is 1.00 bits per heavy atom. The van der Waals surface area contributed by atoms with Crippen molar-refractivity contribution in [1.29, 1.82) is 0 Å². The molecule has 3 aromatic rings. The molecular weight excluding hydrogens is 255 g/mol. The molecule has 0 aliphatic rings. The van der Waals surface area contributed by atoms with Gasteiger partial charge < -0.3 is 5.84 Å². The molecule has 20 heavy (non-hydrogen) atoms. The second kappa shape index (κ2) is 4.77. The van der Waals surface area contributed by atoms with Gasteiger partial charge in [-0.15, -0.1) is 0 Å². The zero-order valence-electron chi connectivity index (χ0n) is 10.9. The van der Waals surface area contributed by atoms with E-state index < -0.39 is 0 Å². The number of nitrogens with two attached hydrogens (primary N) is 1. The van der Waals surface area contributed by atoms with Gasteiger partial charge in [0.2, 0.25) is 0 Å². The Balaban J connectivity index is 2.22. The molecule has 2 aromatic heterocycles. The first kappa shape index (κ1) is 12.3. The van der Waals surface area contributed by atoms with E-state index in [0.717, 1.165) is 28.1 Å². The van der Waals surface area contributed by atoms with Crippen molar-refractivity contribution in [3.05, 3.63) is 60.3 Å². The van der Waals surface area contributed by atoms with Crippen LogP contribution in [0.5, 0.6) is 0 Å². The van der Waals surface area contributed by atoms with E-state index in [1.54, 1.807) is 24.5 Å². The minimum Gasteiger partial charge on any atom is -0.323 e. The van der Waals surface area contributed by atoms with Crippen LogP contribution in [-0.2, 0) is 0 Å². The molecule has 0 unspecified atom stereocenters. The number of hydrogen-bond donors (Lipinski definition) is 1. The number of halogens is 1. The number of hydrogen-bond acceptors (Lipinski definition) is 3. The summed E-state index contributed by atoms with van der Waals surface area (Å²) in [6.45, 7) is 1.90. The molecule has 0 atom stereocenters. The topological polar surface area (TPSA) is 56.7 Å². The molecule has 0 fully saturated rings. The molecule has 0 saturated heterocycles. The van der Waals surface area contributed by atoms with Gasteiger partial charge >= 0.3 is 0 Å². The number of aromatic nitrogens is 3. The molecule has 2 heterocycles. The van der Waals surface area contributed by atoms with E-state index >= 15 is 0 Å². The molecule has 3 rings (SSSR count). The standard InChI is InChI=1S/C15H13FN4/c1-10-14(11-6-8-18-9-7-11)15(19-20(10)17)12-2-4-13(16)5-3-12/h2-9H,17H2,1H3. The van der Waals surface area contributed by atoms with Crippen molar-refractivity contribution in [3.8, 4) is 22.4 Å². The van der Waals surface area contributed by atoms with Crippen LogP contribution in [0.2, 0.25) is 0 Å². The van der Waals surface area contributed by atoms with Crippen molar-refractivity contribution in [2.45, 2.75) is 6.92 Å². The zero-order valence-corrected chi connectivity index (χ0v) is 10.9. The summed E-state index contributed by atoms with van der Waals surface area (Å²) in [4.78, 5) is 5.36. The van der Waals surface area contributed by atoms with Gasteiger partial charge in [-0.3, -0.25) is 4.98 Å². The maximum Gasteiger partial charge on any atom is 0.123 e.